The van der Waals surface area contributed by atoms with Crippen LogP contribution < -0.4 is 17.0 Å². The Morgan fingerprint density at radius 2 is 1.92 bits per heavy atom. The number of hydrogen-bond acceptors (Lipinski definition) is 4. The number of amides is 1. The number of hydrogen-bond donors (Lipinski definition) is 2. The number of rotatable bonds is 6. The number of nitrogens with two attached hydrogens (primary N) is 1. The molecule has 0 aliphatic heterocycles. The van der Waals surface area contributed by atoms with Crippen molar-refractivity contribution in [2.24, 2.45) is 11.7 Å². The highest BCUT2D eigenvalue weighted by molar-refractivity contribution is 5.85. The molecule has 0 aliphatic rings. The molecule has 1 atom stereocenters. The van der Waals surface area contributed by atoms with Crippen LogP contribution in [0.4, 0.5) is 0 Å². The Bertz CT molecular complexity index is 844. The molecule has 25 heavy (non-hydrogen) atoms. The Morgan fingerprint density at radius 1 is 1.28 bits per heavy atom. The normalized spacial score (nSPS) is 12.0. The van der Waals surface area contributed by atoms with Gasteiger partial charge in [-0.25, -0.2) is 4.79 Å². The van der Waals surface area contributed by atoms with Gasteiger partial charge in [0, 0.05) is 19.6 Å². The molecule has 1 aromatic heterocycles. The minimum Gasteiger partial charge on any atom is -0.344 e. The third kappa shape index (κ3) is 4.93. The minimum atomic E-state index is -0.584. The van der Waals surface area contributed by atoms with Gasteiger partial charge in [0.15, 0.2) is 0 Å². The molecule has 3 N–H and O–H groups in total. The summed E-state index contributed by atoms with van der Waals surface area (Å²) >= 11 is 0. The molecule has 0 saturated heterocycles. The van der Waals surface area contributed by atoms with Crippen LogP contribution in [0.3, 0.4) is 0 Å². The quantitative estimate of drug-likeness (QED) is 0.792. The first kappa shape index (κ1) is 20.9. The van der Waals surface area contributed by atoms with Gasteiger partial charge in [0.1, 0.15) is 6.54 Å². The van der Waals surface area contributed by atoms with Gasteiger partial charge in [-0.05, 0) is 24.5 Å². The van der Waals surface area contributed by atoms with Crippen LogP contribution in [0.2, 0.25) is 0 Å². The van der Waals surface area contributed by atoms with Crippen molar-refractivity contribution in [1.82, 2.24) is 14.5 Å². The maximum atomic E-state index is 12.4. The third-order valence-corrected chi connectivity index (χ3v) is 4.26. The molecule has 2 aromatic rings. The number of benzene rings is 1. The van der Waals surface area contributed by atoms with Crippen molar-refractivity contribution >= 4 is 29.2 Å². The van der Waals surface area contributed by atoms with Gasteiger partial charge >= 0.3 is 5.69 Å². The molecule has 0 spiro atoms. The summed E-state index contributed by atoms with van der Waals surface area (Å²) in [6.45, 7) is 4.26. The number of aromatic amines is 1. The number of nitrogens with zero attached hydrogens (tertiary/aromatic N) is 2. The van der Waals surface area contributed by atoms with E-state index in [-0.39, 0.29) is 30.9 Å². The monoisotopic (exact) mass is 368 g/mol. The van der Waals surface area contributed by atoms with Crippen LogP contribution in [0, 0.1) is 5.92 Å². The summed E-state index contributed by atoms with van der Waals surface area (Å²) in [4.78, 5) is 40.9. The van der Waals surface area contributed by atoms with Gasteiger partial charge in [-0.15, -0.1) is 12.4 Å². The van der Waals surface area contributed by atoms with E-state index in [1.165, 1.54) is 4.90 Å². The molecule has 1 unspecified atom stereocenters. The lowest BCUT2D eigenvalue weighted by Gasteiger charge is -2.21. The highest BCUT2D eigenvalue weighted by Crippen LogP contribution is 2.05. The van der Waals surface area contributed by atoms with Crippen LogP contribution in [-0.4, -0.2) is 40.0 Å². The summed E-state index contributed by atoms with van der Waals surface area (Å²) in [6, 6.07) is 6.74. The zero-order valence-electron chi connectivity index (χ0n) is 14.7. The average Bonchev–Trinajstić information content (AvgIpc) is 2.55. The fourth-order valence-corrected chi connectivity index (χ4v) is 2.40. The van der Waals surface area contributed by atoms with Crippen molar-refractivity contribution in [2.75, 3.05) is 13.6 Å². The molecule has 0 fully saturated rings. The van der Waals surface area contributed by atoms with Crippen LogP contribution in [0.25, 0.3) is 10.9 Å². The standard InChI is InChI=1S/C17H24N4O3.ClH/c1-11(2)13(18)8-9-20(3)15(22)10-21-16(23)12-6-4-5-7-14(12)19-17(21)24;/h4-7,11,13H,8-10,18H2,1-3H3,(H,19,24);1H. The Morgan fingerprint density at radius 3 is 2.56 bits per heavy atom. The SMILES string of the molecule is CC(C)C(N)CCN(C)C(=O)Cn1c(=O)[nH]c2ccccc2c1=O.Cl. The lowest BCUT2D eigenvalue weighted by Crippen LogP contribution is -2.42. The Labute approximate surface area is 152 Å². The number of H-pyrrole nitrogens is 1. The maximum Gasteiger partial charge on any atom is 0.329 e. The van der Waals surface area contributed by atoms with Crippen LogP contribution in [-0.2, 0) is 11.3 Å². The van der Waals surface area contributed by atoms with E-state index in [0.717, 1.165) is 4.57 Å². The summed E-state index contributed by atoms with van der Waals surface area (Å²) in [5.41, 5.74) is 5.40. The van der Waals surface area contributed by atoms with E-state index in [1.54, 1.807) is 31.3 Å². The van der Waals surface area contributed by atoms with Gasteiger partial charge in [0.2, 0.25) is 5.91 Å². The first-order chi connectivity index (χ1) is 11.3. The number of nitrogens with one attached hydrogen (secondary N) is 1. The predicted molar refractivity (Wildman–Crippen MR) is 101 cm³/mol. The predicted octanol–water partition coefficient (Wildman–Crippen LogP) is 0.943. The van der Waals surface area contributed by atoms with E-state index in [2.05, 4.69) is 4.98 Å². The zero-order chi connectivity index (χ0) is 17.9. The summed E-state index contributed by atoms with van der Waals surface area (Å²) < 4.78 is 0.934. The van der Waals surface area contributed by atoms with Crippen LogP contribution in [0.5, 0.6) is 0 Å². The smallest absolute Gasteiger partial charge is 0.329 e. The number of carbonyl (C=O) groups excluding carboxylic acids is 1. The summed E-state index contributed by atoms with van der Waals surface area (Å²) in [6.07, 6.45) is 0.670. The molecule has 2 rings (SSSR count). The molecule has 0 saturated carbocycles. The first-order valence-electron chi connectivity index (χ1n) is 8.02. The molecule has 0 bridgehead atoms. The van der Waals surface area contributed by atoms with Gasteiger partial charge < -0.3 is 15.6 Å². The largest absolute Gasteiger partial charge is 0.344 e. The van der Waals surface area contributed by atoms with E-state index in [0.29, 0.717) is 29.8 Å². The summed E-state index contributed by atoms with van der Waals surface area (Å²) in [5.74, 6) is 0.0355. The number of likely N-dealkylation sites (N-methyl/N-ethyl adjacent to an activating group) is 1. The van der Waals surface area contributed by atoms with Gasteiger partial charge in [-0.3, -0.25) is 14.2 Å². The van der Waals surface area contributed by atoms with Crippen molar-refractivity contribution in [3.8, 4) is 0 Å². The second-order valence-electron chi connectivity index (χ2n) is 6.38. The summed E-state index contributed by atoms with van der Waals surface area (Å²) in [7, 11) is 1.65. The van der Waals surface area contributed by atoms with Gasteiger partial charge in [0.25, 0.3) is 5.56 Å². The van der Waals surface area contributed by atoms with Crippen molar-refractivity contribution in [3.05, 3.63) is 45.1 Å². The number of fused-ring (bicyclic) bond motifs is 1. The van der Waals surface area contributed by atoms with Gasteiger partial charge in [0.05, 0.1) is 10.9 Å². The fourth-order valence-electron chi connectivity index (χ4n) is 2.40. The molecule has 138 valence electrons. The van der Waals surface area contributed by atoms with Crippen molar-refractivity contribution in [3.63, 3.8) is 0 Å². The summed E-state index contributed by atoms with van der Waals surface area (Å²) in [5, 5.41) is 0.384. The molecule has 0 aliphatic carbocycles. The highest BCUT2D eigenvalue weighted by Gasteiger charge is 2.16. The fraction of sp³-hybridized carbons (Fsp3) is 0.471. The van der Waals surface area contributed by atoms with E-state index >= 15 is 0 Å². The Hall–Kier alpha value is -2.12. The molecular weight excluding hydrogens is 344 g/mol. The number of aromatic nitrogens is 2. The molecule has 0 radical (unpaired) electrons. The molecule has 7 nitrogen and oxygen atoms in total. The average molecular weight is 369 g/mol. The van der Waals surface area contributed by atoms with E-state index in [4.69, 9.17) is 5.73 Å². The second kappa shape index (κ2) is 8.82. The van der Waals surface area contributed by atoms with Crippen LogP contribution >= 0.6 is 12.4 Å². The molecule has 1 heterocycles. The maximum absolute atomic E-state index is 12.4. The number of para-hydroxylation sites is 1. The lowest BCUT2D eigenvalue weighted by molar-refractivity contribution is -0.130. The van der Waals surface area contributed by atoms with E-state index in [9.17, 15) is 14.4 Å². The van der Waals surface area contributed by atoms with Gasteiger partial charge in [-0.1, -0.05) is 26.0 Å². The Balaban J connectivity index is 0.00000312. The second-order valence-corrected chi connectivity index (χ2v) is 6.38. The topological polar surface area (TPSA) is 101 Å². The van der Waals surface area contributed by atoms with Crippen LogP contribution in [0.1, 0.15) is 20.3 Å². The number of halogens is 1. The van der Waals surface area contributed by atoms with E-state index in [1.807, 2.05) is 13.8 Å². The first-order valence-corrected chi connectivity index (χ1v) is 8.02. The number of carbonyl (C=O) groups is 1. The van der Waals surface area contributed by atoms with E-state index < -0.39 is 11.2 Å². The lowest BCUT2D eigenvalue weighted by atomic mass is 10.0. The Kier molecular flexibility index (Phi) is 7.38. The van der Waals surface area contributed by atoms with Crippen LogP contribution in [0.15, 0.2) is 33.9 Å². The van der Waals surface area contributed by atoms with Crippen molar-refractivity contribution in [2.45, 2.75) is 32.9 Å². The van der Waals surface area contributed by atoms with Crippen molar-refractivity contribution < 1.29 is 4.79 Å². The minimum absolute atomic E-state index is 0. The van der Waals surface area contributed by atoms with Crippen molar-refractivity contribution in [1.29, 1.82) is 0 Å². The highest BCUT2D eigenvalue weighted by atomic mass is 35.5. The third-order valence-electron chi connectivity index (χ3n) is 4.26. The molecule has 8 heteroatoms. The molecule has 1 amide bonds. The zero-order valence-corrected chi connectivity index (χ0v) is 15.5. The van der Waals surface area contributed by atoms with Gasteiger partial charge in [-0.2, -0.15) is 0 Å². The molecular formula is C17H25ClN4O3. The molecule has 1 aromatic carbocycles.